The van der Waals surface area contributed by atoms with E-state index in [0.29, 0.717) is 29.5 Å². The Morgan fingerprint density at radius 2 is 1.92 bits per heavy atom. The summed E-state index contributed by atoms with van der Waals surface area (Å²) in [6, 6.07) is 21.0. The molecule has 0 saturated heterocycles. The Bertz CT molecular complexity index is 1260. The van der Waals surface area contributed by atoms with Crippen LogP contribution in [0.2, 0.25) is 5.02 Å². The van der Waals surface area contributed by atoms with Gasteiger partial charge in [0.25, 0.3) is 0 Å². The van der Waals surface area contributed by atoms with Crippen LogP contribution < -0.4 is 10.1 Å². The molecule has 0 saturated carbocycles. The number of nitrogens with one attached hydrogen (secondary N) is 1. The number of aliphatic hydroxyl groups is 1. The van der Waals surface area contributed by atoms with Crippen molar-refractivity contribution in [2.75, 3.05) is 25.2 Å². The smallest absolute Gasteiger partial charge is 0.149 e. The van der Waals surface area contributed by atoms with Crippen molar-refractivity contribution in [1.82, 2.24) is 5.32 Å². The van der Waals surface area contributed by atoms with E-state index in [9.17, 15) is 15.2 Å². The highest BCUT2D eigenvalue weighted by molar-refractivity contribution is 7.98. The van der Waals surface area contributed by atoms with Gasteiger partial charge in [-0.15, -0.1) is 0 Å². The maximum absolute atomic E-state index is 11.8. The van der Waals surface area contributed by atoms with Gasteiger partial charge in [-0.25, -0.2) is 0 Å². The molecule has 0 amide bonds. The Balaban J connectivity index is 1.99. The topological polar surface area (TPSA) is 82.3 Å². The van der Waals surface area contributed by atoms with E-state index in [0.717, 1.165) is 33.6 Å². The maximum atomic E-state index is 11.8. The molecule has 0 spiro atoms. The number of nitriles is 1. The minimum atomic E-state index is -0.661. The summed E-state index contributed by atoms with van der Waals surface area (Å²) in [5.74, 6) is 1.26. The molecule has 7 heteroatoms. The lowest BCUT2D eigenvalue weighted by molar-refractivity contribution is -0.119. The van der Waals surface area contributed by atoms with E-state index < -0.39 is 6.04 Å². The number of hydrogen-bond donors (Lipinski definition) is 2. The van der Waals surface area contributed by atoms with Crippen molar-refractivity contribution in [3.8, 4) is 22.9 Å². The molecule has 0 bridgehead atoms. The largest absolute Gasteiger partial charge is 0.491 e. The highest BCUT2D eigenvalue weighted by Gasteiger charge is 2.15. The fraction of sp³-hybridized carbons (Fsp3) is 0.241. The van der Waals surface area contributed by atoms with Gasteiger partial charge in [-0.3, -0.25) is 4.79 Å². The quantitative estimate of drug-likeness (QED) is 0.231. The maximum Gasteiger partial charge on any atom is 0.149 e. The Hall–Kier alpha value is -3.08. The molecule has 186 valence electrons. The number of halogens is 1. The lowest BCUT2D eigenvalue weighted by Gasteiger charge is -2.16. The summed E-state index contributed by atoms with van der Waals surface area (Å²) in [4.78, 5) is 11.8. The Morgan fingerprint density at radius 3 is 2.58 bits per heavy atom. The molecular formula is C29H29ClN2O3S. The normalized spacial score (nSPS) is 11.9. The molecule has 3 aromatic carbocycles. The van der Waals surface area contributed by atoms with Gasteiger partial charge >= 0.3 is 0 Å². The van der Waals surface area contributed by atoms with Crippen LogP contribution in [0.15, 0.2) is 60.7 Å². The predicted molar refractivity (Wildman–Crippen MR) is 149 cm³/mol. The number of Topliss-reactive ketones (excluding diaryl/α,β-unsaturated/α-hetero) is 1. The number of hydrogen-bond acceptors (Lipinski definition) is 6. The molecule has 3 rings (SSSR count). The van der Waals surface area contributed by atoms with Crippen molar-refractivity contribution >= 4 is 41.3 Å². The summed E-state index contributed by atoms with van der Waals surface area (Å²) in [6.45, 7) is 2.00. The van der Waals surface area contributed by atoms with E-state index in [1.807, 2.05) is 79.1 Å². The third-order valence-electron chi connectivity index (χ3n) is 5.69. The highest BCUT2D eigenvalue weighted by atomic mass is 35.5. The first-order valence-electron chi connectivity index (χ1n) is 11.5. The molecule has 0 aliphatic heterocycles. The van der Waals surface area contributed by atoms with E-state index in [1.54, 1.807) is 11.8 Å². The van der Waals surface area contributed by atoms with E-state index >= 15 is 0 Å². The van der Waals surface area contributed by atoms with Crippen LogP contribution in [0.1, 0.15) is 29.2 Å². The van der Waals surface area contributed by atoms with E-state index in [-0.39, 0.29) is 12.4 Å². The Labute approximate surface area is 221 Å². The van der Waals surface area contributed by atoms with Crippen molar-refractivity contribution in [1.29, 1.82) is 5.26 Å². The summed E-state index contributed by atoms with van der Waals surface area (Å²) >= 11 is 8.19. The lowest BCUT2D eigenvalue weighted by atomic mass is 9.95. The minimum absolute atomic E-state index is 0.144. The zero-order chi connectivity index (χ0) is 25.9. The van der Waals surface area contributed by atoms with Crippen molar-refractivity contribution in [3.63, 3.8) is 0 Å². The summed E-state index contributed by atoms with van der Waals surface area (Å²) in [6.07, 6.45) is 5.83. The van der Waals surface area contributed by atoms with Gasteiger partial charge < -0.3 is 15.2 Å². The first-order chi connectivity index (χ1) is 17.5. The van der Waals surface area contributed by atoms with Crippen LogP contribution in [0.3, 0.4) is 0 Å². The summed E-state index contributed by atoms with van der Waals surface area (Å²) in [5, 5.41) is 23.0. The molecule has 2 N–H and O–H groups in total. The number of carbonyl (C=O) groups excluding carboxylic acids is 1. The van der Waals surface area contributed by atoms with Crippen LogP contribution in [0.4, 0.5) is 0 Å². The van der Waals surface area contributed by atoms with E-state index in [2.05, 4.69) is 11.4 Å². The number of thioether (sulfide) groups is 1. The van der Waals surface area contributed by atoms with Crippen molar-refractivity contribution in [2.45, 2.75) is 19.5 Å². The number of ether oxygens (including phenoxy) is 1. The second kappa shape index (κ2) is 13.9. The summed E-state index contributed by atoms with van der Waals surface area (Å²) in [7, 11) is 0. The third kappa shape index (κ3) is 7.22. The first-order valence-corrected chi connectivity index (χ1v) is 13.3. The third-order valence-corrected chi connectivity index (χ3v) is 6.56. The molecule has 0 radical (unpaired) electrons. The molecule has 3 aromatic rings. The second-order valence-electron chi connectivity index (χ2n) is 8.13. The van der Waals surface area contributed by atoms with Crippen LogP contribution in [0.5, 0.6) is 5.75 Å². The zero-order valence-electron chi connectivity index (χ0n) is 20.3. The van der Waals surface area contributed by atoms with Gasteiger partial charge in [0.15, 0.2) is 0 Å². The minimum Gasteiger partial charge on any atom is -0.491 e. The lowest BCUT2D eigenvalue weighted by Crippen LogP contribution is -2.38. The Kier molecular flexibility index (Phi) is 10.6. The first kappa shape index (κ1) is 27.5. The fourth-order valence-corrected chi connectivity index (χ4v) is 4.20. The summed E-state index contributed by atoms with van der Waals surface area (Å²) < 4.78 is 5.88. The molecular weight excluding hydrogens is 492 g/mol. The van der Waals surface area contributed by atoms with Crippen LogP contribution in [-0.4, -0.2) is 42.2 Å². The Morgan fingerprint density at radius 1 is 1.17 bits per heavy atom. The van der Waals surface area contributed by atoms with Crippen LogP contribution in [0, 0.1) is 11.3 Å². The van der Waals surface area contributed by atoms with Gasteiger partial charge in [0.1, 0.15) is 17.6 Å². The van der Waals surface area contributed by atoms with Crippen LogP contribution in [0.25, 0.3) is 23.3 Å². The number of aliphatic hydroxyl groups excluding tert-OH is 1. The zero-order valence-corrected chi connectivity index (χ0v) is 21.9. The average molecular weight is 521 g/mol. The number of benzene rings is 3. The number of rotatable bonds is 12. The predicted octanol–water partition coefficient (Wildman–Crippen LogP) is 5.83. The van der Waals surface area contributed by atoms with Gasteiger partial charge in [0.2, 0.25) is 0 Å². The van der Waals surface area contributed by atoms with Crippen LogP contribution in [-0.2, 0) is 11.3 Å². The van der Waals surface area contributed by atoms with Crippen molar-refractivity contribution in [2.24, 2.45) is 0 Å². The average Bonchev–Trinajstić information content (AvgIpc) is 2.89. The molecule has 0 fully saturated rings. The fourth-order valence-electron chi connectivity index (χ4n) is 3.71. The summed E-state index contributed by atoms with van der Waals surface area (Å²) in [5.41, 5.74) is 4.89. The van der Waals surface area contributed by atoms with Gasteiger partial charge in [-0.1, -0.05) is 72.3 Å². The van der Waals surface area contributed by atoms with E-state index in [4.69, 9.17) is 16.3 Å². The van der Waals surface area contributed by atoms with Crippen LogP contribution >= 0.6 is 23.4 Å². The van der Waals surface area contributed by atoms with Gasteiger partial charge in [0, 0.05) is 17.9 Å². The standard InChI is InChI=1S/C29H29ClN2O3S/c1-20(34)28(19-33)32-18-24-15-27(30)29(35-13-14-36-2)16-23(24)12-11-22-9-6-10-25(26(22)17-31)21-7-4-3-5-8-21/h3-12,15-16,28,32-33H,13-14,18-19H2,1-2H3/b12-11+/t28-/m0/s1. The molecule has 0 aliphatic rings. The van der Waals surface area contributed by atoms with Gasteiger partial charge in [-0.05, 0) is 47.6 Å². The molecule has 1 atom stereocenters. The molecule has 5 nitrogen and oxygen atoms in total. The molecule has 0 unspecified atom stereocenters. The monoisotopic (exact) mass is 520 g/mol. The number of nitrogens with zero attached hydrogens (tertiary/aromatic N) is 1. The van der Waals surface area contributed by atoms with Gasteiger partial charge in [0.05, 0.1) is 29.8 Å². The molecule has 0 aliphatic carbocycles. The molecule has 0 heterocycles. The van der Waals surface area contributed by atoms with Crippen molar-refractivity contribution < 1.29 is 14.6 Å². The second-order valence-corrected chi connectivity index (χ2v) is 9.52. The van der Waals surface area contributed by atoms with E-state index in [1.165, 1.54) is 6.92 Å². The number of ketones is 1. The molecule has 0 aromatic heterocycles. The highest BCUT2D eigenvalue weighted by Crippen LogP contribution is 2.31. The van der Waals surface area contributed by atoms with Gasteiger partial charge in [-0.2, -0.15) is 17.0 Å². The number of carbonyl (C=O) groups is 1. The van der Waals surface area contributed by atoms with Crippen molar-refractivity contribution in [3.05, 3.63) is 87.9 Å². The molecule has 36 heavy (non-hydrogen) atoms. The SMILES string of the molecule is CSCCOc1cc(/C=C/c2cccc(-c3ccccc3)c2C#N)c(CN[C@@H](CO)C(C)=O)cc1Cl.